The lowest BCUT2D eigenvalue weighted by molar-refractivity contribution is 0.466. The van der Waals surface area contributed by atoms with Crippen molar-refractivity contribution < 1.29 is 10.2 Å². The van der Waals surface area contributed by atoms with E-state index in [1.54, 1.807) is 30.5 Å². The minimum absolute atomic E-state index is 0.173. The highest BCUT2D eigenvalue weighted by Crippen LogP contribution is 2.35. The van der Waals surface area contributed by atoms with Crippen molar-refractivity contribution in [1.82, 2.24) is 4.98 Å². The van der Waals surface area contributed by atoms with Gasteiger partial charge >= 0.3 is 0 Å². The van der Waals surface area contributed by atoms with Gasteiger partial charge in [-0.15, -0.1) is 0 Å². The summed E-state index contributed by atoms with van der Waals surface area (Å²) in [6.07, 6.45) is 1.74. The highest BCUT2D eigenvalue weighted by atomic mass is 16.3. The van der Waals surface area contributed by atoms with E-state index >= 15 is 0 Å². The molecule has 2 aromatic carbocycles. The topological polar surface area (TPSA) is 53.4 Å². The van der Waals surface area contributed by atoms with Crippen LogP contribution in [0.2, 0.25) is 0 Å². The third-order valence-electron chi connectivity index (χ3n) is 3.46. The first kappa shape index (κ1) is 13.2. The number of benzene rings is 2. The minimum atomic E-state index is -0.173. The molecule has 0 radical (unpaired) electrons. The monoisotopic (exact) mass is 277 g/mol. The molecule has 0 aliphatic rings. The van der Waals surface area contributed by atoms with Gasteiger partial charge < -0.3 is 10.2 Å². The fourth-order valence-electron chi connectivity index (χ4n) is 2.45. The van der Waals surface area contributed by atoms with Gasteiger partial charge in [-0.2, -0.15) is 0 Å². The van der Waals surface area contributed by atoms with Gasteiger partial charge in [-0.05, 0) is 35.9 Å². The number of aromatic hydroxyl groups is 2. The lowest BCUT2D eigenvalue weighted by atomic mass is 9.87. The molecule has 3 heteroatoms. The lowest BCUT2D eigenvalue weighted by Gasteiger charge is -2.18. The van der Waals surface area contributed by atoms with E-state index in [1.165, 1.54) is 0 Å². The molecule has 1 aromatic heterocycles. The van der Waals surface area contributed by atoms with Gasteiger partial charge in [0.1, 0.15) is 11.5 Å². The number of aromatic nitrogens is 1. The van der Waals surface area contributed by atoms with Crippen molar-refractivity contribution in [3.8, 4) is 11.5 Å². The molecule has 0 saturated carbocycles. The number of hydrogen-bond acceptors (Lipinski definition) is 3. The standard InChI is InChI=1S/C18H15NO2/c20-14-10-8-13(9-11-14)18(16-6-3-4-12-19-16)15-5-1-2-7-17(15)21/h1-12,18,20-21H. The molecule has 0 saturated heterocycles. The molecular weight excluding hydrogens is 262 g/mol. The molecule has 0 bridgehead atoms. The van der Waals surface area contributed by atoms with E-state index in [0.29, 0.717) is 0 Å². The zero-order valence-corrected chi connectivity index (χ0v) is 11.3. The van der Waals surface area contributed by atoms with Crippen molar-refractivity contribution in [3.63, 3.8) is 0 Å². The van der Waals surface area contributed by atoms with E-state index in [4.69, 9.17) is 0 Å². The maximum atomic E-state index is 10.2. The first-order valence-corrected chi connectivity index (χ1v) is 6.73. The molecule has 21 heavy (non-hydrogen) atoms. The molecule has 3 rings (SSSR count). The Hall–Kier alpha value is -2.81. The number of hydrogen-bond donors (Lipinski definition) is 2. The molecule has 3 aromatic rings. The molecule has 1 heterocycles. The number of phenols is 2. The average molecular weight is 277 g/mol. The van der Waals surface area contributed by atoms with Crippen LogP contribution in [-0.2, 0) is 0 Å². The van der Waals surface area contributed by atoms with Crippen molar-refractivity contribution in [2.24, 2.45) is 0 Å². The van der Waals surface area contributed by atoms with E-state index in [-0.39, 0.29) is 17.4 Å². The van der Waals surface area contributed by atoms with Crippen molar-refractivity contribution >= 4 is 0 Å². The Morgan fingerprint density at radius 2 is 1.48 bits per heavy atom. The molecule has 0 aliphatic carbocycles. The average Bonchev–Trinajstić information content (AvgIpc) is 2.52. The predicted molar refractivity (Wildman–Crippen MR) is 81.4 cm³/mol. The van der Waals surface area contributed by atoms with Crippen molar-refractivity contribution in [1.29, 1.82) is 0 Å². The third kappa shape index (κ3) is 2.72. The SMILES string of the molecule is Oc1ccc(C(c2ccccn2)c2ccccc2O)cc1. The van der Waals surface area contributed by atoms with Gasteiger partial charge in [-0.1, -0.05) is 36.4 Å². The van der Waals surface area contributed by atoms with Gasteiger partial charge in [0.05, 0.1) is 11.6 Å². The highest BCUT2D eigenvalue weighted by Gasteiger charge is 2.20. The van der Waals surface area contributed by atoms with E-state index in [2.05, 4.69) is 4.98 Å². The van der Waals surface area contributed by atoms with Crippen LogP contribution in [0.3, 0.4) is 0 Å². The second-order valence-electron chi connectivity index (χ2n) is 4.84. The Morgan fingerprint density at radius 3 is 2.14 bits per heavy atom. The third-order valence-corrected chi connectivity index (χ3v) is 3.46. The smallest absolute Gasteiger partial charge is 0.119 e. The van der Waals surface area contributed by atoms with Crippen LogP contribution >= 0.6 is 0 Å². The Bertz CT molecular complexity index is 724. The molecular formula is C18H15NO2. The number of phenolic OH excluding ortho intramolecular Hbond substituents is 2. The molecule has 0 aliphatic heterocycles. The van der Waals surface area contributed by atoms with Gasteiger partial charge in [-0.25, -0.2) is 0 Å². The van der Waals surface area contributed by atoms with E-state index < -0.39 is 0 Å². The van der Waals surface area contributed by atoms with E-state index in [1.807, 2.05) is 42.5 Å². The number of nitrogens with zero attached hydrogens (tertiary/aromatic N) is 1. The number of para-hydroxylation sites is 1. The largest absolute Gasteiger partial charge is 0.508 e. The van der Waals surface area contributed by atoms with Crippen LogP contribution in [0.1, 0.15) is 22.7 Å². The van der Waals surface area contributed by atoms with Gasteiger partial charge in [0.15, 0.2) is 0 Å². The van der Waals surface area contributed by atoms with Crippen molar-refractivity contribution in [2.45, 2.75) is 5.92 Å². The van der Waals surface area contributed by atoms with Crippen molar-refractivity contribution in [3.05, 3.63) is 89.7 Å². The summed E-state index contributed by atoms with van der Waals surface area (Å²) in [5, 5.41) is 19.7. The zero-order chi connectivity index (χ0) is 14.7. The second-order valence-corrected chi connectivity index (χ2v) is 4.84. The Balaban J connectivity index is 2.16. The van der Waals surface area contributed by atoms with Crippen LogP contribution < -0.4 is 0 Å². The first-order valence-electron chi connectivity index (χ1n) is 6.73. The van der Waals surface area contributed by atoms with Crippen LogP contribution in [0, 0.1) is 0 Å². The molecule has 3 nitrogen and oxygen atoms in total. The van der Waals surface area contributed by atoms with E-state index in [0.717, 1.165) is 16.8 Å². The highest BCUT2D eigenvalue weighted by molar-refractivity contribution is 5.47. The van der Waals surface area contributed by atoms with Gasteiger partial charge in [0, 0.05) is 11.8 Å². The van der Waals surface area contributed by atoms with Crippen LogP contribution in [0.4, 0.5) is 0 Å². The molecule has 0 amide bonds. The normalized spacial score (nSPS) is 12.0. The van der Waals surface area contributed by atoms with Crippen LogP contribution in [0.5, 0.6) is 11.5 Å². The molecule has 0 spiro atoms. The number of pyridine rings is 1. The van der Waals surface area contributed by atoms with Crippen LogP contribution in [-0.4, -0.2) is 15.2 Å². The molecule has 104 valence electrons. The summed E-state index contributed by atoms with van der Waals surface area (Å²) in [5.41, 5.74) is 2.61. The Labute approximate surface area is 123 Å². The van der Waals surface area contributed by atoms with Gasteiger partial charge in [0.2, 0.25) is 0 Å². The second kappa shape index (κ2) is 5.67. The first-order chi connectivity index (χ1) is 10.3. The maximum absolute atomic E-state index is 10.2. The fourth-order valence-corrected chi connectivity index (χ4v) is 2.45. The summed E-state index contributed by atoms with van der Waals surface area (Å²) in [6.45, 7) is 0. The predicted octanol–water partition coefficient (Wildman–Crippen LogP) is 3.67. The molecule has 2 N–H and O–H groups in total. The number of rotatable bonds is 3. The fraction of sp³-hybridized carbons (Fsp3) is 0.0556. The molecule has 1 atom stereocenters. The van der Waals surface area contributed by atoms with Crippen LogP contribution in [0.25, 0.3) is 0 Å². The Kier molecular flexibility index (Phi) is 3.56. The minimum Gasteiger partial charge on any atom is -0.508 e. The van der Waals surface area contributed by atoms with E-state index in [9.17, 15) is 10.2 Å². The zero-order valence-electron chi connectivity index (χ0n) is 11.3. The van der Waals surface area contributed by atoms with Gasteiger partial charge in [-0.3, -0.25) is 4.98 Å². The summed E-state index contributed by atoms with van der Waals surface area (Å²) < 4.78 is 0. The summed E-state index contributed by atoms with van der Waals surface area (Å²) in [4.78, 5) is 4.42. The summed E-state index contributed by atoms with van der Waals surface area (Å²) >= 11 is 0. The van der Waals surface area contributed by atoms with Gasteiger partial charge in [0.25, 0.3) is 0 Å². The summed E-state index contributed by atoms with van der Waals surface area (Å²) in [6, 6.07) is 20.0. The quantitative estimate of drug-likeness (QED) is 0.768. The maximum Gasteiger partial charge on any atom is 0.119 e. The van der Waals surface area contributed by atoms with Crippen LogP contribution in [0.15, 0.2) is 72.9 Å². The Morgan fingerprint density at radius 1 is 0.762 bits per heavy atom. The van der Waals surface area contributed by atoms with Crippen molar-refractivity contribution in [2.75, 3.05) is 0 Å². The molecule has 1 unspecified atom stereocenters. The molecule has 0 fully saturated rings. The summed E-state index contributed by atoms with van der Waals surface area (Å²) in [5.74, 6) is 0.282. The summed E-state index contributed by atoms with van der Waals surface area (Å²) in [7, 11) is 0. The lowest BCUT2D eigenvalue weighted by Crippen LogP contribution is -2.05.